The number of halogens is 1. The third kappa shape index (κ3) is 3.53. The molecule has 0 spiro atoms. The SMILES string of the molecule is O=Cc1ccc(C2=C(Br)c3ccc(OCc4ccccc4)cc3S2=O)cc1. The van der Waals surface area contributed by atoms with Gasteiger partial charge in [-0.05, 0) is 45.3 Å². The lowest BCUT2D eigenvalue weighted by molar-refractivity contribution is 0.112. The second kappa shape index (κ2) is 7.62. The molecule has 3 nitrogen and oxygen atoms in total. The standard InChI is InChI=1S/C22H15BrO3S/c23-21-19-11-10-18(26-14-16-4-2-1-3-5-16)12-20(19)27(25)22(21)17-8-6-15(13-24)7-9-17/h1-13H,14H2. The van der Waals surface area contributed by atoms with E-state index in [1.807, 2.05) is 60.7 Å². The summed E-state index contributed by atoms with van der Waals surface area (Å²) in [6.45, 7) is 0.459. The molecule has 0 bridgehead atoms. The van der Waals surface area contributed by atoms with E-state index in [-0.39, 0.29) is 0 Å². The second-order valence-corrected chi connectivity index (χ2v) is 8.26. The predicted molar refractivity (Wildman–Crippen MR) is 111 cm³/mol. The van der Waals surface area contributed by atoms with Crippen LogP contribution in [0.3, 0.4) is 0 Å². The van der Waals surface area contributed by atoms with Crippen molar-refractivity contribution >= 4 is 42.4 Å². The quantitative estimate of drug-likeness (QED) is 0.499. The van der Waals surface area contributed by atoms with Gasteiger partial charge in [0, 0.05) is 15.6 Å². The maximum absolute atomic E-state index is 13.1. The fraction of sp³-hybridized carbons (Fsp3) is 0.0455. The Morgan fingerprint density at radius 1 is 0.963 bits per heavy atom. The molecule has 1 aliphatic rings. The molecule has 0 fully saturated rings. The van der Waals surface area contributed by atoms with Crippen molar-refractivity contribution in [3.63, 3.8) is 0 Å². The summed E-state index contributed by atoms with van der Waals surface area (Å²) in [6, 6.07) is 22.6. The molecule has 0 aliphatic carbocycles. The van der Waals surface area contributed by atoms with Gasteiger partial charge in [-0.3, -0.25) is 4.79 Å². The minimum atomic E-state index is -1.32. The zero-order valence-electron chi connectivity index (χ0n) is 14.2. The number of ether oxygens (including phenoxy) is 1. The molecule has 0 saturated carbocycles. The number of hydrogen-bond donors (Lipinski definition) is 0. The molecule has 1 unspecified atom stereocenters. The van der Waals surface area contributed by atoms with Gasteiger partial charge in [-0.15, -0.1) is 0 Å². The molecule has 0 radical (unpaired) electrons. The number of carbonyl (C=O) groups excluding carboxylic acids is 1. The minimum Gasteiger partial charge on any atom is -0.489 e. The highest BCUT2D eigenvalue weighted by molar-refractivity contribution is 9.15. The number of rotatable bonds is 5. The molecule has 134 valence electrons. The summed E-state index contributed by atoms with van der Waals surface area (Å²) >= 11 is 3.59. The smallest absolute Gasteiger partial charge is 0.150 e. The van der Waals surface area contributed by atoms with Crippen LogP contribution in [0, 0.1) is 0 Å². The van der Waals surface area contributed by atoms with Crippen LogP contribution in [0.2, 0.25) is 0 Å². The van der Waals surface area contributed by atoms with Crippen LogP contribution in [0.1, 0.15) is 27.0 Å². The number of carbonyl (C=O) groups is 1. The molecule has 4 rings (SSSR count). The van der Waals surface area contributed by atoms with E-state index in [4.69, 9.17) is 4.74 Å². The number of hydrogen-bond acceptors (Lipinski definition) is 3. The highest BCUT2D eigenvalue weighted by atomic mass is 79.9. The maximum atomic E-state index is 13.1. The first-order valence-corrected chi connectivity index (χ1v) is 10.3. The topological polar surface area (TPSA) is 43.4 Å². The van der Waals surface area contributed by atoms with Crippen LogP contribution in [0.4, 0.5) is 0 Å². The third-order valence-corrected chi connectivity index (χ3v) is 6.97. The van der Waals surface area contributed by atoms with E-state index < -0.39 is 10.8 Å². The lowest BCUT2D eigenvalue weighted by atomic mass is 10.1. The Morgan fingerprint density at radius 2 is 1.70 bits per heavy atom. The molecular formula is C22H15BrO3S. The highest BCUT2D eigenvalue weighted by Gasteiger charge is 2.28. The molecule has 3 aromatic carbocycles. The summed E-state index contributed by atoms with van der Waals surface area (Å²) in [5.74, 6) is 0.684. The van der Waals surface area contributed by atoms with Crippen molar-refractivity contribution in [1.82, 2.24) is 0 Å². The lowest BCUT2D eigenvalue weighted by Crippen LogP contribution is -1.97. The van der Waals surface area contributed by atoms with Gasteiger partial charge in [0.25, 0.3) is 0 Å². The molecule has 1 atom stereocenters. The Balaban J connectivity index is 1.60. The highest BCUT2D eigenvalue weighted by Crippen LogP contribution is 2.45. The van der Waals surface area contributed by atoms with E-state index >= 15 is 0 Å². The lowest BCUT2D eigenvalue weighted by Gasteiger charge is -2.08. The van der Waals surface area contributed by atoms with Crippen molar-refractivity contribution in [1.29, 1.82) is 0 Å². The first kappa shape index (κ1) is 17.9. The van der Waals surface area contributed by atoms with Gasteiger partial charge < -0.3 is 4.74 Å². The van der Waals surface area contributed by atoms with E-state index in [1.165, 1.54) is 0 Å². The third-order valence-electron chi connectivity index (χ3n) is 4.33. The molecule has 5 heteroatoms. The number of fused-ring (bicyclic) bond motifs is 1. The van der Waals surface area contributed by atoms with Gasteiger partial charge in [0.15, 0.2) is 0 Å². The van der Waals surface area contributed by atoms with Gasteiger partial charge in [-0.1, -0.05) is 54.6 Å². The first-order valence-electron chi connectivity index (χ1n) is 8.35. The fourth-order valence-electron chi connectivity index (χ4n) is 2.93. The van der Waals surface area contributed by atoms with E-state index in [1.54, 1.807) is 12.1 Å². The number of benzene rings is 3. The zero-order valence-corrected chi connectivity index (χ0v) is 16.6. The zero-order chi connectivity index (χ0) is 18.8. The Kier molecular flexibility index (Phi) is 5.05. The van der Waals surface area contributed by atoms with Gasteiger partial charge in [0.1, 0.15) is 18.6 Å². The number of aldehydes is 1. The van der Waals surface area contributed by atoms with Gasteiger partial charge in [0.2, 0.25) is 0 Å². The monoisotopic (exact) mass is 438 g/mol. The molecule has 27 heavy (non-hydrogen) atoms. The van der Waals surface area contributed by atoms with Gasteiger partial charge in [-0.2, -0.15) is 0 Å². The summed E-state index contributed by atoms with van der Waals surface area (Å²) in [5.41, 5.74) is 3.39. The molecule has 0 N–H and O–H groups in total. The van der Waals surface area contributed by atoms with Crippen LogP contribution in [0.5, 0.6) is 5.75 Å². The molecule has 1 aliphatic heterocycles. The van der Waals surface area contributed by atoms with Crippen molar-refractivity contribution in [2.24, 2.45) is 0 Å². The van der Waals surface area contributed by atoms with E-state index in [2.05, 4.69) is 15.9 Å². The normalized spacial score (nSPS) is 15.5. The van der Waals surface area contributed by atoms with Crippen molar-refractivity contribution in [3.8, 4) is 5.75 Å². The summed E-state index contributed by atoms with van der Waals surface area (Å²) in [6.07, 6.45) is 0.796. The van der Waals surface area contributed by atoms with Crippen LogP contribution in [0.15, 0.2) is 77.7 Å². The van der Waals surface area contributed by atoms with Crippen molar-refractivity contribution in [2.75, 3.05) is 0 Å². The van der Waals surface area contributed by atoms with Crippen molar-refractivity contribution in [2.45, 2.75) is 11.5 Å². The average molecular weight is 439 g/mol. The van der Waals surface area contributed by atoms with Gasteiger partial charge in [-0.25, -0.2) is 4.21 Å². The molecule has 0 aromatic heterocycles. The average Bonchev–Trinajstić information content (AvgIpc) is 2.97. The Labute approximate surface area is 168 Å². The molecular weight excluding hydrogens is 424 g/mol. The predicted octanol–water partition coefficient (Wildman–Crippen LogP) is 5.42. The van der Waals surface area contributed by atoms with Crippen LogP contribution in [-0.2, 0) is 17.4 Å². The van der Waals surface area contributed by atoms with Crippen LogP contribution < -0.4 is 4.74 Å². The largest absolute Gasteiger partial charge is 0.489 e. The Hall–Kier alpha value is -2.50. The Bertz CT molecular complexity index is 1060. The molecule has 3 aromatic rings. The summed E-state index contributed by atoms with van der Waals surface area (Å²) in [7, 11) is -1.32. The van der Waals surface area contributed by atoms with Gasteiger partial charge in [0.05, 0.1) is 20.6 Å². The van der Waals surface area contributed by atoms with E-state index in [0.717, 1.165) is 32.4 Å². The summed E-state index contributed by atoms with van der Waals surface area (Å²) in [4.78, 5) is 12.3. The molecule has 1 heterocycles. The fourth-order valence-corrected chi connectivity index (χ4v) is 5.51. The first-order chi connectivity index (χ1) is 13.2. The maximum Gasteiger partial charge on any atom is 0.150 e. The molecule has 0 saturated heterocycles. The van der Waals surface area contributed by atoms with Crippen LogP contribution >= 0.6 is 15.9 Å². The van der Waals surface area contributed by atoms with Crippen molar-refractivity contribution < 1.29 is 13.7 Å². The summed E-state index contributed by atoms with van der Waals surface area (Å²) < 4.78 is 19.8. The van der Waals surface area contributed by atoms with E-state index in [9.17, 15) is 9.00 Å². The summed E-state index contributed by atoms with van der Waals surface area (Å²) in [5, 5.41) is 0. The van der Waals surface area contributed by atoms with E-state index in [0.29, 0.717) is 22.8 Å². The Morgan fingerprint density at radius 3 is 2.41 bits per heavy atom. The molecule has 0 amide bonds. The minimum absolute atomic E-state index is 0.459. The second-order valence-electron chi connectivity index (χ2n) is 6.08. The van der Waals surface area contributed by atoms with Crippen LogP contribution in [-0.4, -0.2) is 10.5 Å². The van der Waals surface area contributed by atoms with Crippen molar-refractivity contribution in [3.05, 3.63) is 95.1 Å². The van der Waals surface area contributed by atoms with Crippen LogP contribution in [0.25, 0.3) is 9.39 Å². The van der Waals surface area contributed by atoms with Gasteiger partial charge >= 0.3 is 0 Å².